The smallest absolute Gasteiger partial charge is 0.307 e. The number of amides is 3. The summed E-state index contributed by atoms with van der Waals surface area (Å²) in [6, 6.07) is 16.0. The SMILES string of the molecule is O=C(NNC(=O)c1cccnc1SCc1ccnc2ccccc12)Nc1cccc(C(F)(F)F)c1. The molecule has 0 aliphatic carbocycles. The molecule has 178 valence electrons. The van der Waals surface area contributed by atoms with Crippen LogP contribution in [0.5, 0.6) is 0 Å². The van der Waals surface area contributed by atoms with Crippen LogP contribution in [0, 0.1) is 0 Å². The second kappa shape index (κ2) is 10.4. The Morgan fingerprint density at radius 2 is 1.71 bits per heavy atom. The fourth-order valence-corrected chi connectivity index (χ4v) is 4.22. The second-order valence-electron chi connectivity index (χ2n) is 7.24. The van der Waals surface area contributed by atoms with Gasteiger partial charge in [-0.2, -0.15) is 13.2 Å². The highest BCUT2D eigenvalue weighted by Gasteiger charge is 2.30. The Morgan fingerprint density at radius 3 is 2.54 bits per heavy atom. The van der Waals surface area contributed by atoms with Crippen LogP contribution in [0.25, 0.3) is 10.9 Å². The van der Waals surface area contributed by atoms with Crippen molar-refractivity contribution in [2.45, 2.75) is 17.0 Å². The van der Waals surface area contributed by atoms with Crippen LogP contribution >= 0.6 is 11.8 Å². The molecular formula is C24H18F3N5O2S. The van der Waals surface area contributed by atoms with Gasteiger partial charge in [0.05, 0.1) is 16.6 Å². The van der Waals surface area contributed by atoms with Crippen molar-refractivity contribution in [3.05, 3.63) is 95.8 Å². The molecule has 0 unspecified atom stereocenters. The van der Waals surface area contributed by atoms with Crippen LogP contribution in [0.2, 0.25) is 0 Å². The quantitative estimate of drug-likeness (QED) is 0.253. The van der Waals surface area contributed by atoms with Crippen LogP contribution in [0.3, 0.4) is 0 Å². The van der Waals surface area contributed by atoms with Gasteiger partial charge in [-0.3, -0.25) is 15.2 Å². The second-order valence-corrected chi connectivity index (χ2v) is 8.21. The van der Waals surface area contributed by atoms with Gasteiger partial charge in [0.1, 0.15) is 5.03 Å². The number of thioether (sulfide) groups is 1. The average Bonchev–Trinajstić information content (AvgIpc) is 2.86. The lowest BCUT2D eigenvalue weighted by molar-refractivity contribution is -0.137. The van der Waals surface area contributed by atoms with Crippen molar-refractivity contribution >= 4 is 40.3 Å². The summed E-state index contributed by atoms with van der Waals surface area (Å²) in [5.41, 5.74) is 5.52. The molecule has 35 heavy (non-hydrogen) atoms. The van der Waals surface area contributed by atoms with Crippen molar-refractivity contribution in [1.29, 1.82) is 0 Å². The summed E-state index contributed by atoms with van der Waals surface area (Å²) in [6.07, 6.45) is -1.27. The number of nitrogens with one attached hydrogen (secondary N) is 3. The summed E-state index contributed by atoms with van der Waals surface area (Å²) >= 11 is 1.35. The molecule has 4 aromatic rings. The topological polar surface area (TPSA) is 96.0 Å². The van der Waals surface area contributed by atoms with Gasteiger partial charge in [0, 0.05) is 29.2 Å². The van der Waals surface area contributed by atoms with E-state index in [-0.39, 0.29) is 11.3 Å². The van der Waals surface area contributed by atoms with Crippen LogP contribution < -0.4 is 16.2 Å². The molecule has 2 heterocycles. The van der Waals surface area contributed by atoms with Gasteiger partial charge in [0.15, 0.2) is 0 Å². The molecule has 0 fully saturated rings. The minimum Gasteiger partial charge on any atom is -0.307 e. The van der Waals surface area contributed by atoms with Gasteiger partial charge in [0.25, 0.3) is 5.91 Å². The highest BCUT2D eigenvalue weighted by molar-refractivity contribution is 7.98. The first-order valence-corrected chi connectivity index (χ1v) is 11.2. The fraction of sp³-hybridized carbons (Fsp3) is 0.0833. The molecule has 2 aromatic carbocycles. The van der Waals surface area contributed by atoms with E-state index in [1.165, 1.54) is 23.9 Å². The van der Waals surface area contributed by atoms with E-state index >= 15 is 0 Å². The predicted octanol–water partition coefficient (Wildman–Crippen LogP) is 5.41. The summed E-state index contributed by atoms with van der Waals surface area (Å²) < 4.78 is 38.5. The van der Waals surface area contributed by atoms with E-state index in [1.54, 1.807) is 24.5 Å². The van der Waals surface area contributed by atoms with Crippen molar-refractivity contribution in [3.63, 3.8) is 0 Å². The van der Waals surface area contributed by atoms with Crippen LogP contribution in [0.15, 0.2) is 84.1 Å². The monoisotopic (exact) mass is 497 g/mol. The van der Waals surface area contributed by atoms with E-state index in [4.69, 9.17) is 0 Å². The molecule has 0 bridgehead atoms. The highest BCUT2D eigenvalue weighted by Crippen LogP contribution is 2.30. The highest BCUT2D eigenvalue weighted by atomic mass is 32.2. The number of pyridine rings is 2. The number of nitrogens with zero attached hydrogens (tertiary/aromatic N) is 2. The zero-order chi connectivity index (χ0) is 24.8. The van der Waals surface area contributed by atoms with E-state index in [9.17, 15) is 22.8 Å². The first-order chi connectivity index (χ1) is 16.8. The van der Waals surface area contributed by atoms with Crippen molar-refractivity contribution in [2.24, 2.45) is 0 Å². The molecule has 3 amide bonds. The number of fused-ring (bicyclic) bond motifs is 1. The number of hydrogen-bond donors (Lipinski definition) is 3. The molecule has 0 spiro atoms. The summed E-state index contributed by atoms with van der Waals surface area (Å²) in [7, 11) is 0. The predicted molar refractivity (Wildman–Crippen MR) is 127 cm³/mol. The van der Waals surface area contributed by atoms with Crippen LogP contribution in [-0.4, -0.2) is 21.9 Å². The third kappa shape index (κ3) is 6.07. The van der Waals surface area contributed by atoms with E-state index < -0.39 is 23.7 Å². The Balaban J connectivity index is 1.38. The molecule has 4 rings (SSSR count). The van der Waals surface area contributed by atoms with E-state index in [1.807, 2.05) is 30.3 Å². The van der Waals surface area contributed by atoms with Crippen LogP contribution in [0.4, 0.5) is 23.7 Å². The third-order valence-electron chi connectivity index (χ3n) is 4.86. The van der Waals surface area contributed by atoms with Gasteiger partial charge in [0.2, 0.25) is 0 Å². The molecular weight excluding hydrogens is 479 g/mol. The minimum atomic E-state index is -4.54. The van der Waals surface area contributed by atoms with Gasteiger partial charge >= 0.3 is 12.2 Å². The largest absolute Gasteiger partial charge is 0.416 e. The molecule has 0 radical (unpaired) electrons. The number of carbonyl (C=O) groups is 2. The number of aromatic nitrogens is 2. The fourth-order valence-electron chi connectivity index (χ4n) is 3.22. The molecule has 2 aromatic heterocycles. The zero-order valence-electron chi connectivity index (χ0n) is 18.0. The Bertz CT molecular complexity index is 1380. The molecule has 3 N–H and O–H groups in total. The van der Waals surface area contributed by atoms with Crippen molar-refractivity contribution in [3.8, 4) is 0 Å². The maximum absolute atomic E-state index is 12.8. The van der Waals surface area contributed by atoms with Crippen LogP contribution in [0.1, 0.15) is 21.5 Å². The number of carbonyl (C=O) groups excluding carboxylic acids is 2. The number of hydrogen-bond acceptors (Lipinski definition) is 5. The van der Waals surface area contributed by atoms with Gasteiger partial charge < -0.3 is 5.32 Å². The first-order valence-electron chi connectivity index (χ1n) is 10.3. The number of halogens is 3. The Morgan fingerprint density at radius 1 is 0.886 bits per heavy atom. The number of anilines is 1. The zero-order valence-corrected chi connectivity index (χ0v) is 18.8. The van der Waals surface area contributed by atoms with E-state index in [0.29, 0.717) is 10.8 Å². The maximum Gasteiger partial charge on any atom is 0.416 e. The van der Waals surface area contributed by atoms with Crippen molar-refractivity contribution < 1.29 is 22.8 Å². The summed E-state index contributed by atoms with van der Waals surface area (Å²) in [5, 5.41) is 3.70. The van der Waals surface area contributed by atoms with E-state index in [2.05, 4.69) is 26.1 Å². The van der Waals surface area contributed by atoms with Crippen molar-refractivity contribution in [1.82, 2.24) is 20.8 Å². The standard InChI is InChI=1S/C24H18F3N5O2S/c25-24(26,27)16-5-3-6-17(13-16)30-23(34)32-31-21(33)19-8-4-11-29-22(19)35-14-15-10-12-28-20-9-2-1-7-18(15)20/h1-13H,14H2,(H,31,33)(H2,30,32,34). The average molecular weight is 498 g/mol. The molecule has 0 aliphatic rings. The Hall–Kier alpha value is -4.12. The third-order valence-corrected chi connectivity index (χ3v) is 5.91. The summed E-state index contributed by atoms with van der Waals surface area (Å²) in [5.74, 6) is -0.0940. The molecule has 0 aliphatic heterocycles. The lowest BCUT2D eigenvalue weighted by Gasteiger charge is -2.12. The molecule has 7 nitrogen and oxygen atoms in total. The first kappa shape index (κ1) is 24.0. The summed E-state index contributed by atoms with van der Waals surface area (Å²) in [4.78, 5) is 33.4. The molecule has 0 saturated carbocycles. The van der Waals surface area contributed by atoms with Gasteiger partial charge in [-0.1, -0.05) is 24.3 Å². The summed E-state index contributed by atoms with van der Waals surface area (Å²) in [6.45, 7) is 0. The van der Waals surface area contributed by atoms with Gasteiger partial charge in [-0.15, -0.1) is 11.8 Å². The normalized spacial score (nSPS) is 11.2. The maximum atomic E-state index is 12.8. The Kier molecular flexibility index (Phi) is 7.16. The van der Waals surface area contributed by atoms with E-state index in [0.717, 1.165) is 28.6 Å². The molecule has 11 heteroatoms. The lowest BCUT2D eigenvalue weighted by Crippen LogP contribution is -2.44. The van der Waals surface area contributed by atoms with Gasteiger partial charge in [-0.05, 0) is 48.0 Å². The number of hydrazine groups is 1. The van der Waals surface area contributed by atoms with Gasteiger partial charge in [-0.25, -0.2) is 15.2 Å². The molecule has 0 saturated heterocycles. The Labute approximate surface area is 202 Å². The molecule has 0 atom stereocenters. The number of urea groups is 1. The number of rotatable bonds is 5. The number of para-hydroxylation sites is 1. The van der Waals surface area contributed by atoms with Crippen molar-refractivity contribution in [2.75, 3.05) is 5.32 Å². The lowest BCUT2D eigenvalue weighted by atomic mass is 10.1. The van der Waals surface area contributed by atoms with Crippen LogP contribution in [-0.2, 0) is 11.9 Å². The number of benzene rings is 2. The number of alkyl halides is 3. The minimum absolute atomic E-state index is 0.0752.